The topological polar surface area (TPSA) is 28.4 Å². The number of nitrogens with zero attached hydrogens (tertiary/aromatic N) is 4. The maximum atomic E-state index is 3.66. The van der Waals surface area contributed by atoms with Crippen molar-refractivity contribution in [2.75, 3.05) is 15.1 Å². The van der Waals surface area contributed by atoms with Gasteiger partial charge in [-0.2, -0.15) is 0 Å². The standard InChI is InChI=1S/C64H43N3.C32H19Br2N.C16H13N.CH4/c1-4-22-50(23-5-1)65(53-35-32-44-18-10-12-20-46(44)38-53)55-40-49(41-56(43-55)66(51-24-6-2-7-25-51)54-36-33-45-19-11-13-21-47(45)39-54)48-34-37-62-61(42-48)63-59-30-16-14-28-57(59)58-29-15-17-31-60(58)64(63)67(62)52-26-8-3-9-27-52;33-22-16-21(17-23(34)19-22)20-14-15-30-29(18-20)31-27-12-6-4-10-25(27)26-11-5-7-13-28(26)32(31)35(30)24-8-2-1-3-9-24;1-2-8-15(9-3-1)17-16-11-10-13-6-4-5-7-14(13)12-16;/h1-43H;1-19H;1-12,17H;1H4. The van der Waals surface area contributed by atoms with E-state index in [1.54, 1.807) is 0 Å². The first-order chi connectivity index (χ1) is 58.8. The molecule has 0 atom stereocenters. The Labute approximate surface area is 714 Å². The molecule has 0 spiro atoms. The number of aromatic nitrogens is 2. The summed E-state index contributed by atoms with van der Waals surface area (Å²) in [6.45, 7) is 0. The van der Waals surface area contributed by atoms with Gasteiger partial charge >= 0.3 is 0 Å². The van der Waals surface area contributed by atoms with Gasteiger partial charge in [0, 0.05) is 98.1 Å². The zero-order chi connectivity index (χ0) is 79.3. The van der Waals surface area contributed by atoms with E-state index in [1.165, 1.54) is 136 Å². The van der Waals surface area contributed by atoms with E-state index < -0.39 is 0 Å². The summed E-state index contributed by atoms with van der Waals surface area (Å²) >= 11 is 7.32. The first-order valence-corrected chi connectivity index (χ1v) is 41.9. The zero-order valence-electron chi connectivity index (χ0n) is 64.8. The number of fused-ring (bicyclic) bond motifs is 19. The van der Waals surface area contributed by atoms with Gasteiger partial charge in [0.05, 0.1) is 22.1 Å². The van der Waals surface area contributed by atoms with Gasteiger partial charge in [-0.1, -0.05) is 330 Å². The Bertz CT molecular complexity index is 7640. The van der Waals surface area contributed by atoms with Crippen LogP contribution >= 0.6 is 31.9 Å². The summed E-state index contributed by atoms with van der Waals surface area (Å²) in [5, 5.41) is 25.9. The van der Waals surface area contributed by atoms with Crippen LogP contribution in [0.25, 0.3) is 153 Å². The van der Waals surface area contributed by atoms with Crippen LogP contribution in [0.2, 0.25) is 0 Å². The number of nitrogens with one attached hydrogen (secondary N) is 1. The molecule has 0 bridgehead atoms. The summed E-state index contributed by atoms with van der Waals surface area (Å²) in [5.74, 6) is 0. The van der Waals surface area contributed by atoms with Gasteiger partial charge in [-0.05, 0) is 245 Å². The molecule has 1 N–H and O–H groups in total. The van der Waals surface area contributed by atoms with Crippen LogP contribution in [0.3, 0.4) is 0 Å². The molecule has 0 saturated heterocycles. The lowest BCUT2D eigenvalue weighted by Gasteiger charge is -2.30. The molecule has 23 rings (SSSR count). The van der Waals surface area contributed by atoms with Crippen LogP contribution in [0, 0.1) is 0 Å². The Morgan fingerprint density at radius 2 is 0.533 bits per heavy atom. The first-order valence-electron chi connectivity index (χ1n) is 40.3. The van der Waals surface area contributed by atoms with Crippen LogP contribution in [0.4, 0.5) is 45.5 Å². The van der Waals surface area contributed by atoms with Crippen molar-refractivity contribution in [2.45, 2.75) is 7.43 Å². The number of para-hydroxylation sites is 5. The van der Waals surface area contributed by atoms with Crippen LogP contribution < -0.4 is 15.1 Å². The number of hydrogen-bond acceptors (Lipinski definition) is 3. The molecule has 570 valence electrons. The third-order valence-electron chi connectivity index (χ3n) is 23.1. The predicted octanol–water partition coefficient (Wildman–Crippen LogP) is 33.5. The highest BCUT2D eigenvalue weighted by atomic mass is 79.9. The lowest BCUT2D eigenvalue weighted by atomic mass is 9.95. The monoisotopic (exact) mass is 1660 g/mol. The van der Waals surface area contributed by atoms with Gasteiger partial charge in [0.15, 0.2) is 0 Å². The summed E-state index contributed by atoms with van der Waals surface area (Å²) in [5.41, 5.74) is 20.5. The summed E-state index contributed by atoms with van der Waals surface area (Å²) < 4.78 is 7.02. The fraction of sp³-hybridized carbons (Fsp3) is 0.00885. The molecular weight excluding hydrogens is 1590 g/mol. The van der Waals surface area contributed by atoms with E-state index in [0.29, 0.717) is 0 Å². The van der Waals surface area contributed by atoms with Crippen LogP contribution in [-0.2, 0) is 0 Å². The van der Waals surface area contributed by atoms with Gasteiger partial charge in [0.2, 0.25) is 0 Å². The summed E-state index contributed by atoms with van der Waals surface area (Å²) in [7, 11) is 0. The molecule has 0 radical (unpaired) electrons. The van der Waals surface area contributed by atoms with Crippen molar-refractivity contribution in [1.82, 2.24) is 9.13 Å². The van der Waals surface area contributed by atoms with E-state index in [2.05, 4.69) is 487 Å². The minimum Gasteiger partial charge on any atom is -0.356 e. The van der Waals surface area contributed by atoms with Crippen molar-refractivity contribution in [3.63, 3.8) is 0 Å². The van der Waals surface area contributed by atoms with Crippen molar-refractivity contribution in [2.24, 2.45) is 0 Å². The minimum atomic E-state index is 0. The predicted molar refractivity (Wildman–Crippen MR) is 523 cm³/mol. The van der Waals surface area contributed by atoms with Crippen molar-refractivity contribution in [1.29, 1.82) is 0 Å². The number of halogens is 2. The molecule has 0 unspecified atom stereocenters. The number of hydrogen-bond donors (Lipinski definition) is 1. The molecule has 0 aliphatic rings. The van der Waals surface area contributed by atoms with Crippen LogP contribution in [0.5, 0.6) is 0 Å². The number of rotatable bonds is 12. The average molecular weight is 1670 g/mol. The maximum Gasteiger partial charge on any atom is 0.0625 e. The highest BCUT2D eigenvalue weighted by molar-refractivity contribution is 9.11. The largest absolute Gasteiger partial charge is 0.356 e. The van der Waals surface area contributed by atoms with Crippen LogP contribution in [-0.4, -0.2) is 9.13 Å². The van der Waals surface area contributed by atoms with Gasteiger partial charge < -0.3 is 24.3 Å². The van der Waals surface area contributed by atoms with E-state index in [-0.39, 0.29) is 7.43 Å². The summed E-state index contributed by atoms with van der Waals surface area (Å²) in [6, 6.07) is 162. The van der Waals surface area contributed by atoms with Crippen molar-refractivity contribution in [3.8, 4) is 33.6 Å². The molecule has 5 nitrogen and oxygen atoms in total. The summed E-state index contributed by atoms with van der Waals surface area (Å²) in [4.78, 5) is 4.81. The Morgan fingerprint density at radius 3 is 0.958 bits per heavy atom. The maximum absolute atomic E-state index is 3.66. The molecule has 7 heteroatoms. The Morgan fingerprint density at radius 1 is 0.200 bits per heavy atom. The van der Waals surface area contributed by atoms with E-state index in [9.17, 15) is 0 Å². The zero-order valence-corrected chi connectivity index (χ0v) is 67.9. The molecule has 21 aromatic carbocycles. The molecule has 0 amide bonds. The Kier molecular flexibility index (Phi) is 19.9. The van der Waals surface area contributed by atoms with Crippen molar-refractivity contribution >= 4 is 196 Å². The minimum absolute atomic E-state index is 0. The molecule has 0 saturated carbocycles. The molecule has 2 heterocycles. The highest BCUT2D eigenvalue weighted by Crippen LogP contribution is 2.49. The Hall–Kier alpha value is -14.6. The van der Waals surface area contributed by atoms with Gasteiger partial charge in [0.25, 0.3) is 0 Å². The second-order valence-electron chi connectivity index (χ2n) is 30.3. The van der Waals surface area contributed by atoms with Gasteiger partial charge in [-0.25, -0.2) is 0 Å². The lowest BCUT2D eigenvalue weighted by molar-refractivity contribution is 1.19. The quantitative estimate of drug-likeness (QED) is 0.124. The van der Waals surface area contributed by atoms with Gasteiger partial charge in [0.1, 0.15) is 0 Å². The molecule has 2 aromatic heterocycles. The number of benzene rings is 21. The molecule has 0 aliphatic carbocycles. The van der Waals surface area contributed by atoms with Gasteiger partial charge in [-0.3, -0.25) is 0 Å². The van der Waals surface area contributed by atoms with E-state index in [0.717, 1.165) is 71.3 Å². The van der Waals surface area contributed by atoms with E-state index in [1.807, 2.05) is 18.2 Å². The molecular formula is C113H79Br2N5. The number of anilines is 8. The molecule has 0 aliphatic heterocycles. The fourth-order valence-electron chi connectivity index (χ4n) is 17.8. The van der Waals surface area contributed by atoms with Crippen LogP contribution in [0.15, 0.2) is 458 Å². The fourth-order valence-corrected chi connectivity index (χ4v) is 19.1. The smallest absolute Gasteiger partial charge is 0.0625 e. The summed E-state index contributed by atoms with van der Waals surface area (Å²) in [6.07, 6.45) is 0. The first kappa shape index (κ1) is 74.2. The van der Waals surface area contributed by atoms with Crippen molar-refractivity contribution in [3.05, 3.63) is 458 Å². The van der Waals surface area contributed by atoms with Gasteiger partial charge in [-0.15, -0.1) is 0 Å². The lowest BCUT2D eigenvalue weighted by Crippen LogP contribution is -2.13. The highest BCUT2D eigenvalue weighted by Gasteiger charge is 2.25. The third kappa shape index (κ3) is 13.9. The normalized spacial score (nSPS) is 11.3. The average Bonchev–Trinajstić information content (AvgIpc) is 1.55. The molecule has 0 fully saturated rings. The Balaban J connectivity index is 0.000000143. The second-order valence-corrected chi connectivity index (χ2v) is 32.1. The molecule has 23 aromatic rings. The van der Waals surface area contributed by atoms with Crippen molar-refractivity contribution < 1.29 is 0 Å². The second kappa shape index (κ2) is 32.1. The molecule has 120 heavy (non-hydrogen) atoms. The van der Waals surface area contributed by atoms with E-state index >= 15 is 0 Å². The van der Waals surface area contributed by atoms with Crippen LogP contribution in [0.1, 0.15) is 7.43 Å². The SMILES string of the molecule is Brc1cc(Br)cc(-c2ccc3c(c2)c2c4ccccc4c4ccccc4c2n3-c2ccccc2)c1.C.c1ccc(N(c2cc(-c3ccc4c(c3)c3c5ccccc5c5ccccc5c3n4-c3ccccc3)cc(N(c3ccccc3)c3ccc4ccccc4c3)c2)c2ccc3ccccc3c2)cc1.c1ccc(Nc2ccc3ccccc3c2)cc1. The van der Waals surface area contributed by atoms with E-state index in [4.69, 9.17) is 0 Å². The third-order valence-corrected chi connectivity index (χ3v) is 24.0.